The molecule has 0 unspecified atom stereocenters. The van der Waals surface area contributed by atoms with Crippen molar-refractivity contribution in [2.24, 2.45) is 11.3 Å². The molecule has 2 amide bonds. The third-order valence-corrected chi connectivity index (χ3v) is 8.65. The van der Waals surface area contributed by atoms with E-state index in [2.05, 4.69) is 36.0 Å². The van der Waals surface area contributed by atoms with Gasteiger partial charge in [0.25, 0.3) is 0 Å². The van der Waals surface area contributed by atoms with Crippen LogP contribution in [0.3, 0.4) is 0 Å². The molecule has 0 aromatic carbocycles. The van der Waals surface area contributed by atoms with E-state index in [-0.39, 0.29) is 11.8 Å². The van der Waals surface area contributed by atoms with E-state index in [9.17, 15) is 9.59 Å². The van der Waals surface area contributed by atoms with Crippen LogP contribution in [-0.2, 0) is 4.79 Å². The molecule has 8 heteroatoms. The van der Waals surface area contributed by atoms with Gasteiger partial charge in [0.15, 0.2) is 5.13 Å². The number of carbonyl (C=O) groups excluding carboxylic acids is 1. The van der Waals surface area contributed by atoms with E-state index in [0.29, 0.717) is 22.6 Å². The van der Waals surface area contributed by atoms with Gasteiger partial charge in [0.2, 0.25) is 0 Å². The first-order valence-corrected chi connectivity index (χ1v) is 12.9. The van der Waals surface area contributed by atoms with E-state index in [1.54, 1.807) is 6.20 Å². The highest BCUT2D eigenvalue weighted by Crippen LogP contribution is 2.40. The largest absolute Gasteiger partial charge is 0.481 e. The summed E-state index contributed by atoms with van der Waals surface area (Å²) in [6.07, 6.45) is 12.0. The maximum atomic E-state index is 13.3. The molecule has 1 aromatic rings. The van der Waals surface area contributed by atoms with Crippen molar-refractivity contribution >= 4 is 40.2 Å². The van der Waals surface area contributed by atoms with Gasteiger partial charge in [-0.2, -0.15) is 0 Å². The number of hydrogen-bond donors (Lipinski definition) is 2. The Morgan fingerprint density at radius 2 is 1.77 bits per heavy atom. The molecule has 0 spiro atoms. The first-order chi connectivity index (χ1) is 14.2. The predicted molar refractivity (Wildman–Crippen MR) is 123 cm³/mol. The van der Waals surface area contributed by atoms with E-state index in [0.717, 1.165) is 35.8 Å². The minimum atomic E-state index is -0.853. The van der Waals surface area contributed by atoms with Crippen LogP contribution in [0.2, 0.25) is 0 Å². The molecule has 2 aliphatic carbocycles. The Kier molecular flexibility index (Phi) is 8.07. The van der Waals surface area contributed by atoms with Crippen LogP contribution in [0.1, 0.15) is 78.6 Å². The summed E-state index contributed by atoms with van der Waals surface area (Å²) in [5.74, 6) is -0.132. The second kappa shape index (κ2) is 10.4. The summed E-state index contributed by atoms with van der Waals surface area (Å²) < 4.78 is 0.808. The number of carbonyl (C=O) groups is 2. The molecule has 0 radical (unpaired) electrons. The molecule has 1 heterocycles. The van der Waals surface area contributed by atoms with E-state index in [1.807, 2.05) is 0 Å². The minimum absolute atomic E-state index is 0.000790. The van der Waals surface area contributed by atoms with Gasteiger partial charge >= 0.3 is 12.0 Å². The number of anilines is 1. The number of thioether (sulfide) groups is 1. The van der Waals surface area contributed by atoms with Crippen molar-refractivity contribution in [3.05, 3.63) is 6.20 Å². The van der Waals surface area contributed by atoms with Gasteiger partial charge < -0.3 is 10.0 Å². The molecule has 0 atom stereocenters. The van der Waals surface area contributed by atoms with Crippen molar-refractivity contribution in [3.8, 4) is 0 Å². The van der Waals surface area contributed by atoms with Crippen LogP contribution in [0.4, 0.5) is 9.93 Å². The third-order valence-electron chi connectivity index (χ3n) is 6.55. The Balaban J connectivity index is 1.66. The highest BCUT2D eigenvalue weighted by atomic mass is 32.2. The fraction of sp³-hybridized carbons (Fsp3) is 0.773. The van der Waals surface area contributed by atoms with E-state index < -0.39 is 5.97 Å². The second-order valence-corrected chi connectivity index (χ2v) is 12.0. The van der Waals surface area contributed by atoms with E-state index >= 15 is 0 Å². The molecule has 2 aliphatic rings. The monoisotopic (exact) mass is 453 g/mol. The molecule has 6 nitrogen and oxygen atoms in total. The number of nitrogens with zero attached hydrogens (tertiary/aromatic N) is 2. The van der Waals surface area contributed by atoms with Crippen molar-refractivity contribution in [2.45, 2.75) is 94.9 Å². The normalized spacial score (nSPS) is 23.2. The summed E-state index contributed by atoms with van der Waals surface area (Å²) in [6, 6.07) is 0.577. The number of amides is 2. The molecule has 2 N–H and O–H groups in total. The van der Waals surface area contributed by atoms with Crippen LogP contribution in [0.15, 0.2) is 10.4 Å². The van der Waals surface area contributed by atoms with E-state index in [4.69, 9.17) is 5.11 Å². The van der Waals surface area contributed by atoms with Crippen molar-refractivity contribution in [2.75, 3.05) is 11.1 Å². The molecular weight excluding hydrogens is 418 g/mol. The van der Waals surface area contributed by atoms with Crippen LogP contribution >= 0.6 is 23.1 Å². The van der Waals surface area contributed by atoms with Crippen molar-refractivity contribution in [1.29, 1.82) is 0 Å². The number of nitrogens with one attached hydrogen (secondary N) is 1. The molecular formula is C22H35N3O3S2. The fourth-order valence-electron chi connectivity index (χ4n) is 4.88. The zero-order chi connectivity index (χ0) is 21.7. The lowest BCUT2D eigenvalue weighted by molar-refractivity contribution is -0.133. The number of aliphatic carboxylic acids is 1. The van der Waals surface area contributed by atoms with Crippen LogP contribution in [0.25, 0.3) is 0 Å². The Labute approximate surface area is 188 Å². The van der Waals surface area contributed by atoms with Gasteiger partial charge in [-0.15, -0.1) is 11.8 Å². The Bertz CT molecular complexity index is 717. The number of aromatic nitrogens is 1. The maximum Gasteiger partial charge on any atom is 0.324 e. The van der Waals surface area contributed by atoms with Gasteiger partial charge in [-0.05, 0) is 49.9 Å². The summed E-state index contributed by atoms with van der Waals surface area (Å²) in [5.41, 5.74) is 0.327. The van der Waals surface area contributed by atoms with Crippen molar-refractivity contribution < 1.29 is 14.7 Å². The highest BCUT2D eigenvalue weighted by molar-refractivity contribution is 8.01. The zero-order valence-corrected chi connectivity index (χ0v) is 20.0. The van der Waals surface area contributed by atoms with Gasteiger partial charge in [0.1, 0.15) is 0 Å². The SMILES string of the molecule is CC(C)(C)[C@H]1CC[C@H](N(C(=O)Nc2ncc(SCC(=O)O)s2)C2CCCCC2)CC1. The third kappa shape index (κ3) is 6.36. The second-order valence-electron chi connectivity index (χ2n) is 9.67. The molecule has 0 aliphatic heterocycles. The summed E-state index contributed by atoms with van der Waals surface area (Å²) in [4.78, 5) is 30.6. The first kappa shape index (κ1) is 23.4. The number of rotatable bonds is 6. The maximum absolute atomic E-state index is 13.3. The number of thiazole rings is 1. The highest BCUT2D eigenvalue weighted by Gasteiger charge is 2.37. The first-order valence-electron chi connectivity index (χ1n) is 11.1. The number of urea groups is 1. The van der Waals surface area contributed by atoms with E-state index in [1.165, 1.54) is 55.2 Å². The molecule has 3 rings (SSSR count). The lowest BCUT2D eigenvalue weighted by atomic mass is 9.71. The predicted octanol–water partition coefficient (Wildman–Crippen LogP) is 6.09. The molecule has 0 saturated heterocycles. The van der Waals surface area contributed by atoms with Crippen molar-refractivity contribution in [1.82, 2.24) is 9.88 Å². The van der Waals surface area contributed by atoms with Crippen LogP contribution < -0.4 is 5.32 Å². The summed E-state index contributed by atoms with van der Waals surface area (Å²) in [5, 5.41) is 12.4. The van der Waals surface area contributed by atoms with Crippen LogP contribution in [-0.4, -0.2) is 44.8 Å². The summed E-state index contributed by atoms with van der Waals surface area (Å²) in [6.45, 7) is 6.98. The standard InChI is InChI=1S/C22H35N3O3S2/c1-22(2,3)15-9-11-17(12-10-15)25(16-7-5-4-6-8-16)21(28)24-20-23-13-19(30-20)29-14-18(26)27/h13,15-17H,4-12,14H2,1-3H3,(H,26,27)(H,23,24,28)/t15-,17-. The fourth-order valence-corrected chi connectivity index (χ4v) is 6.46. The zero-order valence-electron chi connectivity index (χ0n) is 18.4. The Morgan fingerprint density at radius 3 is 2.37 bits per heavy atom. The molecule has 2 fully saturated rings. The molecule has 0 bridgehead atoms. The lowest BCUT2D eigenvalue weighted by Crippen LogP contribution is -2.51. The van der Waals surface area contributed by atoms with Crippen LogP contribution in [0.5, 0.6) is 0 Å². The van der Waals surface area contributed by atoms with Crippen molar-refractivity contribution in [3.63, 3.8) is 0 Å². The molecule has 1 aromatic heterocycles. The Hall–Kier alpha value is -1.28. The lowest BCUT2D eigenvalue weighted by Gasteiger charge is -2.44. The number of carboxylic acid groups (broad SMARTS) is 1. The smallest absolute Gasteiger partial charge is 0.324 e. The topological polar surface area (TPSA) is 82.5 Å². The average Bonchev–Trinajstić information content (AvgIpc) is 3.14. The van der Waals surface area contributed by atoms with Gasteiger partial charge in [-0.3, -0.25) is 10.1 Å². The molecule has 168 valence electrons. The summed E-state index contributed by atoms with van der Waals surface area (Å²) >= 11 is 2.58. The number of carboxylic acids is 1. The quantitative estimate of drug-likeness (QED) is 0.509. The van der Waals surface area contributed by atoms with Gasteiger partial charge in [0, 0.05) is 12.1 Å². The number of hydrogen-bond acceptors (Lipinski definition) is 5. The average molecular weight is 454 g/mol. The van der Waals surface area contributed by atoms with Gasteiger partial charge in [0.05, 0.1) is 16.2 Å². The molecule has 30 heavy (non-hydrogen) atoms. The van der Waals surface area contributed by atoms with Gasteiger partial charge in [-0.25, -0.2) is 9.78 Å². The summed E-state index contributed by atoms with van der Waals surface area (Å²) in [7, 11) is 0. The van der Waals surface area contributed by atoms with Gasteiger partial charge in [-0.1, -0.05) is 51.4 Å². The van der Waals surface area contributed by atoms with Crippen LogP contribution in [0, 0.1) is 11.3 Å². The minimum Gasteiger partial charge on any atom is -0.481 e. The Morgan fingerprint density at radius 1 is 1.13 bits per heavy atom. The molecule has 2 saturated carbocycles.